The first-order valence-electron chi connectivity index (χ1n) is 3.30. The maximum absolute atomic E-state index is 10.2. The zero-order valence-corrected chi connectivity index (χ0v) is 5.47. The molecule has 0 aromatic carbocycles. The van der Waals surface area contributed by atoms with Gasteiger partial charge < -0.3 is 10.6 Å². The van der Waals surface area contributed by atoms with Crippen LogP contribution in [-0.4, -0.2) is 30.4 Å². The van der Waals surface area contributed by atoms with Crippen molar-refractivity contribution < 1.29 is 4.79 Å². The fourth-order valence-corrected chi connectivity index (χ4v) is 0.874. The van der Waals surface area contributed by atoms with Gasteiger partial charge in [0.2, 0.25) is 5.91 Å². The predicted octanol–water partition coefficient (Wildman–Crippen LogP) is -0.433. The third kappa shape index (κ3) is 2.01. The highest BCUT2D eigenvalue weighted by atomic mass is 16.1. The first-order valence-corrected chi connectivity index (χ1v) is 3.30. The molecule has 1 saturated heterocycles. The van der Waals surface area contributed by atoms with Crippen molar-refractivity contribution in [3.8, 4) is 0 Å². The third-order valence-corrected chi connectivity index (χ3v) is 1.62. The molecule has 0 spiro atoms. The van der Waals surface area contributed by atoms with Gasteiger partial charge in [-0.1, -0.05) is 0 Å². The second-order valence-corrected chi connectivity index (χ2v) is 2.41. The van der Waals surface area contributed by atoms with Crippen LogP contribution in [0.15, 0.2) is 0 Å². The first-order chi connectivity index (χ1) is 4.29. The average molecular weight is 128 g/mol. The minimum Gasteiger partial charge on any atom is -0.370 e. The molecule has 0 saturated carbocycles. The Labute approximate surface area is 54.8 Å². The van der Waals surface area contributed by atoms with E-state index in [0.29, 0.717) is 6.42 Å². The summed E-state index contributed by atoms with van der Waals surface area (Å²) in [6.07, 6.45) is 1.79. The molecule has 1 fully saturated rings. The molecule has 52 valence electrons. The van der Waals surface area contributed by atoms with Gasteiger partial charge in [0.05, 0.1) is 0 Å². The van der Waals surface area contributed by atoms with Gasteiger partial charge in [-0.05, 0) is 19.5 Å². The average Bonchev–Trinajstić information content (AvgIpc) is 1.60. The van der Waals surface area contributed by atoms with Crippen LogP contribution in [-0.2, 0) is 4.79 Å². The highest BCUT2D eigenvalue weighted by Gasteiger charge is 2.12. The van der Waals surface area contributed by atoms with E-state index >= 15 is 0 Å². The largest absolute Gasteiger partial charge is 0.370 e. The summed E-state index contributed by atoms with van der Waals surface area (Å²) >= 11 is 0. The maximum atomic E-state index is 10.2. The number of carbonyl (C=O) groups is 1. The molecule has 0 aromatic heterocycles. The van der Waals surface area contributed by atoms with Crippen molar-refractivity contribution in [2.45, 2.75) is 12.8 Å². The summed E-state index contributed by atoms with van der Waals surface area (Å²) in [6.45, 7) is 3.15. The van der Waals surface area contributed by atoms with Crippen LogP contribution in [0.2, 0.25) is 0 Å². The van der Waals surface area contributed by atoms with Crippen molar-refractivity contribution in [2.24, 2.45) is 5.73 Å². The molecular weight excluding hydrogens is 116 g/mol. The first kappa shape index (κ1) is 6.55. The topological polar surface area (TPSA) is 46.3 Å². The minimum atomic E-state index is -0.193. The van der Waals surface area contributed by atoms with Crippen LogP contribution in [0.3, 0.4) is 0 Å². The molecule has 0 aromatic rings. The maximum Gasteiger partial charge on any atom is 0.218 e. The summed E-state index contributed by atoms with van der Waals surface area (Å²) in [4.78, 5) is 12.5. The molecule has 1 aliphatic heterocycles. The van der Waals surface area contributed by atoms with E-state index in [0.717, 1.165) is 19.6 Å². The van der Waals surface area contributed by atoms with Crippen molar-refractivity contribution in [2.75, 3.05) is 19.6 Å². The van der Waals surface area contributed by atoms with Gasteiger partial charge in [-0.3, -0.25) is 4.79 Å². The molecule has 0 bridgehead atoms. The molecule has 1 rings (SSSR count). The van der Waals surface area contributed by atoms with Crippen molar-refractivity contribution in [1.29, 1.82) is 0 Å². The number of likely N-dealkylation sites (tertiary alicyclic amines) is 1. The lowest BCUT2D eigenvalue weighted by molar-refractivity contribution is -0.118. The normalized spacial score (nSPS) is 19.1. The van der Waals surface area contributed by atoms with Gasteiger partial charge >= 0.3 is 0 Å². The van der Waals surface area contributed by atoms with E-state index in [1.807, 2.05) is 0 Å². The van der Waals surface area contributed by atoms with Crippen LogP contribution in [0.1, 0.15) is 12.8 Å². The summed E-state index contributed by atoms with van der Waals surface area (Å²) in [5, 5.41) is 0. The molecule has 1 aliphatic rings. The Kier molecular flexibility index (Phi) is 2.05. The van der Waals surface area contributed by atoms with Crippen LogP contribution in [0.5, 0.6) is 0 Å². The summed E-state index contributed by atoms with van der Waals surface area (Å²) in [5.74, 6) is -0.193. The van der Waals surface area contributed by atoms with Gasteiger partial charge in [-0.2, -0.15) is 0 Å². The number of hydrogen-bond donors (Lipinski definition) is 1. The quantitative estimate of drug-likeness (QED) is 0.560. The van der Waals surface area contributed by atoms with E-state index in [1.165, 1.54) is 6.42 Å². The van der Waals surface area contributed by atoms with Crippen molar-refractivity contribution >= 4 is 5.91 Å². The summed E-state index contributed by atoms with van der Waals surface area (Å²) in [6, 6.07) is 0. The van der Waals surface area contributed by atoms with Crippen molar-refractivity contribution in [1.82, 2.24) is 4.90 Å². The number of rotatable bonds is 3. The van der Waals surface area contributed by atoms with Crippen LogP contribution >= 0.6 is 0 Å². The fourth-order valence-electron chi connectivity index (χ4n) is 0.874. The summed E-state index contributed by atoms with van der Waals surface area (Å²) in [7, 11) is 0. The number of carbonyl (C=O) groups excluding carboxylic acids is 1. The number of nitrogens with zero attached hydrogens (tertiary/aromatic N) is 1. The number of nitrogens with two attached hydrogens (primary N) is 1. The molecular formula is C6H12N2O. The van der Waals surface area contributed by atoms with Gasteiger partial charge in [0.15, 0.2) is 0 Å². The third-order valence-electron chi connectivity index (χ3n) is 1.62. The Hall–Kier alpha value is -0.570. The van der Waals surface area contributed by atoms with Crippen LogP contribution < -0.4 is 5.73 Å². The standard InChI is InChI=1S/C6H12N2O/c7-6(9)2-5-8-3-1-4-8/h1-5H2,(H2,7,9). The molecule has 1 heterocycles. The molecule has 0 unspecified atom stereocenters. The van der Waals surface area contributed by atoms with Gasteiger partial charge in [-0.25, -0.2) is 0 Å². The predicted molar refractivity (Wildman–Crippen MR) is 34.9 cm³/mol. The molecule has 0 radical (unpaired) electrons. The lowest BCUT2D eigenvalue weighted by Crippen LogP contribution is -2.39. The smallest absolute Gasteiger partial charge is 0.218 e. The van der Waals surface area contributed by atoms with E-state index in [9.17, 15) is 4.79 Å². The molecule has 3 heteroatoms. The molecule has 3 nitrogen and oxygen atoms in total. The zero-order chi connectivity index (χ0) is 6.69. The number of primary amides is 1. The Balaban J connectivity index is 1.97. The van der Waals surface area contributed by atoms with Crippen LogP contribution in [0.25, 0.3) is 0 Å². The van der Waals surface area contributed by atoms with E-state index in [2.05, 4.69) is 4.90 Å². The summed E-state index contributed by atoms with van der Waals surface area (Å²) in [5.41, 5.74) is 4.95. The van der Waals surface area contributed by atoms with Gasteiger partial charge in [0.25, 0.3) is 0 Å². The monoisotopic (exact) mass is 128 g/mol. The van der Waals surface area contributed by atoms with E-state index in [-0.39, 0.29) is 5.91 Å². The number of hydrogen-bond acceptors (Lipinski definition) is 2. The van der Waals surface area contributed by atoms with E-state index < -0.39 is 0 Å². The second-order valence-electron chi connectivity index (χ2n) is 2.41. The molecule has 2 N–H and O–H groups in total. The lowest BCUT2D eigenvalue weighted by atomic mass is 10.2. The Morgan fingerprint density at radius 3 is 2.56 bits per heavy atom. The molecule has 0 atom stereocenters. The highest BCUT2D eigenvalue weighted by Crippen LogP contribution is 2.04. The highest BCUT2D eigenvalue weighted by molar-refractivity contribution is 5.73. The second kappa shape index (κ2) is 2.82. The zero-order valence-electron chi connectivity index (χ0n) is 5.47. The number of amides is 1. The van der Waals surface area contributed by atoms with E-state index in [4.69, 9.17) is 5.73 Å². The Morgan fingerprint density at radius 1 is 1.56 bits per heavy atom. The van der Waals surface area contributed by atoms with Gasteiger partial charge in [0.1, 0.15) is 0 Å². The molecule has 9 heavy (non-hydrogen) atoms. The van der Waals surface area contributed by atoms with Gasteiger partial charge in [0, 0.05) is 13.0 Å². The molecule has 1 amide bonds. The fraction of sp³-hybridized carbons (Fsp3) is 0.833. The lowest BCUT2D eigenvalue weighted by Gasteiger charge is -2.29. The Bertz CT molecular complexity index is 110. The summed E-state index contributed by atoms with van der Waals surface area (Å²) < 4.78 is 0. The van der Waals surface area contributed by atoms with Crippen molar-refractivity contribution in [3.05, 3.63) is 0 Å². The minimum absolute atomic E-state index is 0.193. The van der Waals surface area contributed by atoms with Crippen LogP contribution in [0, 0.1) is 0 Å². The Morgan fingerprint density at radius 2 is 2.22 bits per heavy atom. The van der Waals surface area contributed by atoms with Crippen LogP contribution in [0.4, 0.5) is 0 Å². The van der Waals surface area contributed by atoms with Crippen molar-refractivity contribution in [3.63, 3.8) is 0 Å². The molecule has 0 aliphatic carbocycles. The van der Waals surface area contributed by atoms with Gasteiger partial charge in [-0.15, -0.1) is 0 Å². The van der Waals surface area contributed by atoms with E-state index in [1.54, 1.807) is 0 Å². The SMILES string of the molecule is NC(=O)CCN1CCC1.